The van der Waals surface area contributed by atoms with E-state index < -0.39 is 11.6 Å². The van der Waals surface area contributed by atoms with E-state index in [1.807, 2.05) is 6.07 Å². The smallest absolute Gasteiger partial charge is 0.166 e. The SMILES string of the molecule is N#Cc1ccc(OCc2cc(C#N)ccc2F)c(F)c1. The van der Waals surface area contributed by atoms with Crippen LogP contribution in [0.25, 0.3) is 0 Å². The standard InChI is InChI=1S/C15H8F2N2O/c16-13-3-1-10(7-18)5-12(13)9-20-15-4-2-11(8-19)6-14(15)17/h1-6H,9H2. The van der Waals surface area contributed by atoms with Crippen molar-refractivity contribution in [2.75, 3.05) is 0 Å². The Bertz CT molecular complexity index is 730. The average Bonchev–Trinajstić information content (AvgIpc) is 2.47. The van der Waals surface area contributed by atoms with Crippen LogP contribution in [0, 0.1) is 34.3 Å². The van der Waals surface area contributed by atoms with E-state index in [4.69, 9.17) is 15.3 Å². The van der Waals surface area contributed by atoms with E-state index in [2.05, 4.69) is 0 Å². The predicted octanol–water partition coefficient (Wildman–Crippen LogP) is 3.29. The molecule has 98 valence electrons. The Morgan fingerprint density at radius 3 is 2.20 bits per heavy atom. The molecular weight excluding hydrogens is 262 g/mol. The van der Waals surface area contributed by atoms with Gasteiger partial charge >= 0.3 is 0 Å². The number of rotatable bonds is 3. The Balaban J connectivity index is 2.17. The first-order valence-electron chi connectivity index (χ1n) is 5.65. The third-order valence-corrected chi connectivity index (χ3v) is 2.62. The van der Waals surface area contributed by atoms with Gasteiger partial charge in [0.1, 0.15) is 12.4 Å². The second-order valence-electron chi connectivity index (χ2n) is 3.96. The summed E-state index contributed by atoms with van der Waals surface area (Å²) in [5.74, 6) is -1.30. The molecule has 5 heteroatoms. The first-order valence-corrected chi connectivity index (χ1v) is 5.65. The summed E-state index contributed by atoms with van der Waals surface area (Å²) < 4.78 is 32.2. The van der Waals surface area contributed by atoms with E-state index in [9.17, 15) is 8.78 Å². The minimum atomic E-state index is -0.694. The summed E-state index contributed by atoms with van der Waals surface area (Å²) in [5.41, 5.74) is 0.630. The molecule has 0 bridgehead atoms. The minimum absolute atomic E-state index is 0.0780. The molecular formula is C15H8F2N2O. The largest absolute Gasteiger partial charge is 0.486 e. The van der Waals surface area contributed by atoms with Gasteiger partial charge in [-0.1, -0.05) is 0 Å². The van der Waals surface area contributed by atoms with Crippen molar-refractivity contribution in [3.63, 3.8) is 0 Å². The predicted molar refractivity (Wildman–Crippen MR) is 66.6 cm³/mol. The molecule has 0 aliphatic carbocycles. The Labute approximate surface area is 114 Å². The maximum absolute atomic E-state index is 13.6. The zero-order chi connectivity index (χ0) is 14.5. The Kier molecular flexibility index (Phi) is 3.93. The van der Waals surface area contributed by atoms with Crippen LogP contribution in [0.4, 0.5) is 8.78 Å². The zero-order valence-electron chi connectivity index (χ0n) is 10.2. The van der Waals surface area contributed by atoms with Crippen molar-refractivity contribution in [1.82, 2.24) is 0 Å². The molecule has 0 aromatic heterocycles. The van der Waals surface area contributed by atoms with Crippen LogP contribution >= 0.6 is 0 Å². The highest BCUT2D eigenvalue weighted by atomic mass is 19.1. The quantitative estimate of drug-likeness (QED) is 0.859. The Morgan fingerprint density at radius 2 is 1.55 bits per heavy atom. The van der Waals surface area contributed by atoms with Crippen LogP contribution in [0.15, 0.2) is 36.4 Å². The summed E-state index contributed by atoms with van der Waals surface area (Å²) >= 11 is 0. The molecule has 0 saturated carbocycles. The van der Waals surface area contributed by atoms with Crippen LogP contribution in [-0.4, -0.2) is 0 Å². The third kappa shape index (κ3) is 2.90. The number of benzene rings is 2. The fourth-order valence-corrected chi connectivity index (χ4v) is 1.60. The van der Waals surface area contributed by atoms with E-state index in [0.717, 1.165) is 12.1 Å². The first kappa shape index (κ1) is 13.5. The van der Waals surface area contributed by atoms with E-state index in [0.29, 0.717) is 5.56 Å². The molecule has 0 aliphatic heterocycles. The maximum Gasteiger partial charge on any atom is 0.166 e. The van der Waals surface area contributed by atoms with Crippen molar-refractivity contribution in [3.05, 3.63) is 64.7 Å². The monoisotopic (exact) mass is 270 g/mol. The third-order valence-electron chi connectivity index (χ3n) is 2.62. The lowest BCUT2D eigenvalue weighted by Crippen LogP contribution is -2.01. The number of nitriles is 2. The van der Waals surface area contributed by atoms with Crippen LogP contribution in [0.5, 0.6) is 5.75 Å². The van der Waals surface area contributed by atoms with Crippen LogP contribution in [0.3, 0.4) is 0 Å². The number of halogens is 2. The summed E-state index contributed by atoms with van der Waals surface area (Å²) in [5, 5.41) is 17.4. The number of hydrogen-bond acceptors (Lipinski definition) is 3. The summed E-state index contributed by atoms with van der Waals surface area (Å²) in [4.78, 5) is 0. The van der Waals surface area contributed by atoms with Gasteiger partial charge in [-0.2, -0.15) is 10.5 Å². The zero-order valence-corrected chi connectivity index (χ0v) is 10.2. The molecule has 2 aromatic carbocycles. The highest BCUT2D eigenvalue weighted by Crippen LogP contribution is 2.20. The van der Waals surface area contributed by atoms with Gasteiger partial charge in [0.25, 0.3) is 0 Å². The molecule has 2 rings (SSSR count). The minimum Gasteiger partial charge on any atom is -0.486 e. The Hall–Kier alpha value is -2.92. The normalized spacial score (nSPS) is 9.60. The van der Waals surface area contributed by atoms with Crippen molar-refractivity contribution >= 4 is 0 Å². The van der Waals surface area contributed by atoms with E-state index >= 15 is 0 Å². The average molecular weight is 270 g/mol. The van der Waals surface area contributed by atoms with E-state index in [1.165, 1.54) is 24.3 Å². The first-order chi connectivity index (χ1) is 9.63. The number of nitrogens with zero attached hydrogens (tertiary/aromatic N) is 2. The molecule has 0 heterocycles. The summed E-state index contributed by atoms with van der Waals surface area (Å²) in [6.07, 6.45) is 0. The lowest BCUT2D eigenvalue weighted by molar-refractivity contribution is 0.284. The molecule has 0 N–H and O–H groups in total. The number of ether oxygens (including phenoxy) is 1. The van der Waals surface area contributed by atoms with E-state index in [-0.39, 0.29) is 23.5 Å². The fourth-order valence-electron chi connectivity index (χ4n) is 1.60. The van der Waals surface area contributed by atoms with Crippen molar-refractivity contribution in [2.24, 2.45) is 0 Å². The molecule has 0 atom stereocenters. The van der Waals surface area contributed by atoms with Crippen molar-refractivity contribution in [3.8, 4) is 17.9 Å². The molecule has 2 aromatic rings. The lowest BCUT2D eigenvalue weighted by Gasteiger charge is -2.08. The second kappa shape index (κ2) is 5.81. The van der Waals surface area contributed by atoms with Gasteiger partial charge in [-0.3, -0.25) is 0 Å². The van der Waals surface area contributed by atoms with Gasteiger partial charge in [0.05, 0.1) is 23.3 Å². The van der Waals surface area contributed by atoms with Crippen LogP contribution in [-0.2, 0) is 6.61 Å². The van der Waals surface area contributed by atoms with Gasteiger partial charge in [0.15, 0.2) is 11.6 Å². The van der Waals surface area contributed by atoms with Crippen molar-refractivity contribution < 1.29 is 13.5 Å². The van der Waals surface area contributed by atoms with Crippen LogP contribution in [0.1, 0.15) is 16.7 Å². The fraction of sp³-hybridized carbons (Fsp3) is 0.0667. The molecule has 0 saturated heterocycles. The summed E-state index contributed by atoms with van der Waals surface area (Å²) in [6, 6.07) is 11.3. The molecule has 0 aliphatic rings. The van der Waals surface area contributed by atoms with Crippen LogP contribution < -0.4 is 4.74 Å². The molecule has 0 unspecified atom stereocenters. The lowest BCUT2D eigenvalue weighted by atomic mass is 10.1. The molecule has 3 nitrogen and oxygen atoms in total. The topological polar surface area (TPSA) is 56.8 Å². The second-order valence-corrected chi connectivity index (χ2v) is 3.96. The highest BCUT2D eigenvalue weighted by molar-refractivity contribution is 5.37. The van der Waals surface area contributed by atoms with Gasteiger partial charge in [-0.05, 0) is 36.4 Å². The molecule has 0 spiro atoms. The maximum atomic E-state index is 13.6. The van der Waals surface area contributed by atoms with E-state index in [1.54, 1.807) is 6.07 Å². The van der Waals surface area contributed by atoms with Gasteiger partial charge < -0.3 is 4.74 Å². The molecule has 0 radical (unpaired) electrons. The molecule has 20 heavy (non-hydrogen) atoms. The van der Waals surface area contributed by atoms with Crippen molar-refractivity contribution in [1.29, 1.82) is 10.5 Å². The summed E-state index contributed by atoms with van der Waals surface area (Å²) in [7, 11) is 0. The van der Waals surface area contributed by atoms with Gasteiger partial charge in [0.2, 0.25) is 0 Å². The van der Waals surface area contributed by atoms with Gasteiger partial charge in [0, 0.05) is 5.56 Å². The van der Waals surface area contributed by atoms with Gasteiger partial charge in [-0.25, -0.2) is 8.78 Å². The molecule has 0 fully saturated rings. The highest BCUT2D eigenvalue weighted by Gasteiger charge is 2.08. The Morgan fingerprint density at radius 1 is 0.900 bits per heavy atom. The van der Waals surface area contributed by atoms with Gasteiger partial charge in [-0.15, -0.1) is 0 Å². The summed E-state index contributed by atoms with van der Waals surface area (Å²) in [6.45, 7) is -0.204. The number of hydrogen-bond donors (Lipinski definition) is 0. The van der Waals surface area contributed by atoms with Crippen molar-refractivity contribution in [2.45, 2.75) is 6.61 Å². The molecule has 0 amide bonds. The van der Waals surface area contributed by atoms with Crippen LogP contribution in [0.2, 0.25) is 0 Å².